The molecule has 1 fully saturated rings. The van der Waals surface area contributed by atoms with Crippen LogP contribution in [-0.2, 0) is 0 Å². The van der Waals surface area contributed by atoms with Crippen molar-refractivity contribution < 1.29 is 9.84 Å². The smallest absolute Gasteiger partial charge is 0.119 e. The number of benzene rings is 1. The number of likely N-dealkylation sites (tertiary alicyclic amines) is 1. The first-order valence-electron chi connectivity index (χ1n) is 5.84. The summed E-state index contributed by atoms with van der Waals surface area (Å²) in [5.41, 5.74) is 0. The van der Waals surface area contributed by atoms with Gasteiger partial charge in [-0.2, -0.15) is 0 Å². The summed E-state index contributed by atoms with van der Waals surface area (Å²) >= 11 is 0. The molecule has 0 amide bonds. The molecule has 0 saturated carbocycles. The van der Waals surface area contributed by atoms with Gasteiger partial charge in [-0.1, -0.05) is 0 Å². The Kier molecular flexibility index (Phi) is 5.59. The molecular formula is C13H20ClNO2. The van der Waals surface area contributed by atoms with Crippen LogP contribution < -0.4 is 4.74 Å². The second kappa shape index (κ2) is 6.72. The standard InChI is InChI=1S/C13H19NO2.ClH/c1-14-8-2-3-11(9-14)10-16-13-6-4-12(15)5-7-13;/h4-7,11,15H,2-3,8-10H2,1H3;1H/t11-;/m0./s1. The fourth-order valence-corrected chi connectivity index (χ4v) is 2.17. The van der Waals surface area contributed by atoms with E-state index in [1.165, 1.54) is 19.4 Å². The zero-order valence-corrected chi connectivity index (χ0v) is 10.9. The van der Waals surface area contributed by atoms with Gasteiger partial charge in [-0.3, -0.25) is 0 Å². The topological polar surface area (TPSA) is 32.7 Å². The van der Waals surface area contributed by atoms with Crippen molar-refractivity contribution in [2.45, 2.75) is 12.8 Å². The molecule has 17 heavy (non-hydrogen) atoms. The summed E-state index contributed by atoms with van der Waals surface area (Å²) in [6.07, 6.45) is 2.52. The van der Waals surface area contributed by atoms with Gasteiger partial charge in [0.15, 0.2) is 0 Å². The lowest BCUT2D eigenvalue weighted by Gasteiger charge is -2.29. The van der Waals surface area contributed by atoms with Crippen LogP contribution in [0, 0.1) is 5.92 Å². The van der Waals surface area contributed by atoms with Crippen molar-refractivity contribution in [2.75, 3.05) is 26.7 Å². The highest BCUT2D eigenvalue weighted by Crippen LogP contribution is 2.19. The van der Waals surface area contributed by atoms with Gasteiger partial charge in [0.05, 0.1) is 6.61 Å². The molecule has 0 aromatic heterocycles. The van der Waals surface area contributed by atoms with E-state index >= 15 is 0 Å². The van der Waals surface area contributed by atoms with Crippen LogP contribution in [0.3, 0.4) is 0 Å². The Balaban J connectivity index is 0.00000144. The summed E-state index contributed by atoms with van der Waals surface area (Å²) in [5.74, 6) is 1.75. The lowest BCUT2D eigenvalue weighted by Crippen LogP contribution is -2.34. The summed E-state index contributed by atoms with van der Waals surface area (Å²) in [5, 5.41) is 9.15. The van der Waals surface area contributed by atoms with Crippen LogP contribution in [-0.4, -0.2) is 36.8 Å². The second-order valence-corrected chi connectivity index (χ2v) is 4.58. The molecule has 4 heteroatoms. The fourth-order valence-electron chi connectivity index (χ4n) is 2.17. The highest BCUT2D eigenvalue weighted by Gasteiger charge is 2.17. The summed E-state index contributed by atoms with van der Waals surface area (Å²) in [6.45, 7) is 3.10. The lowest BCUT2D eigenvalue weighted by atomic mass is 10.00. The third-order valence-electron chi connectivity index (χ3n) is 3.04. The van der Waals surface area contributed by atoms with E-state index in [9.17, 15) is 0 Å². The van der Waals surface area contributed by atoms with Gasteiger partial charge in [0.25, 0.3) is 0 Å². The maximum atomic E-state index is 9.15. The predicted molar refractivity (Wildman–Crippen MR) is 71.1 cm³/mol. The zero-order chi connectivity index (χ0) is 11.4. The molecule has 1 aliphatic heterocycles. The maximum absolute atomic E-state index is 9.15. The molecule has 0 aliphatic carbocycles. The molecule has 1 heterocycles. The second-order valence-electron chi connectivity index (χ2n) is 4.58. The van der Waals surface area contributed by atoms with Crippen molar-refractivity contribution in [1.82, 2.24) is 4.90 Å². The first-order chi connectivity index (χ1) is 7.74. The van der Waals surface area contributed by atoms with Gasteiger partial charge in [-0.25, -0.2) is 0 Å². The van der Waals surface area contributed by atoms with E-state index in [-0.39, 0.29) is 18.2 Å². The van der Waals surface area contributed by atoms with Crippen molar-refractivity contribution in [1.29, 1.82) is 0 Å². The summed E-state index contributed by atoms with van der Waals surface area (Å²) in [4.78, 5) is 2.36. The SMILES string of the molecule is CN1CCC[C@H](COc2ccc(O)cc2)C1.Cl. The Labute approximate surface area is 109 Å². The van der Waals surface area contributed by atoms with Crippen LogP contribution in [0.4, 0.5) is 0 Å². The van der Waals surface area contributed by atoms with Crippen LogP contribution >= 0.6 is 12.4 Å². The lowest BCUT2D eigenvalue weighted by molar-refractivity contribution is 0.150. The van der Waals surface area contributed by atoms with Gasteiger partial charge in [0.1, 0.15) is 11.5 Å². The number of nitrogens with zero attached hydrogens (tertiary/aromatic N) is 1. The van der Waals surface area contributed by atoms with E-state index in [2.05, 4.69) is 11.9 Å². The minimum atomic E-state index is 0. The largest absolute Gasteiger partial charge is 0.508 e. The first kappa shape index (κ1) is 14.1. The highest BCUT2D eigenvalue weighted by molar-refractivity contribution is 5.85. The molecule has 1 N–H and O–H groups in total. The van der Waals surface area contributed by atoms with Crippen LogP contribution in [0.1, 0.15) is 12.8 Å². The van der Waals surface area contributed by atoms with Crippen molar-refractivity contribution >= 4 is 12.4 Å². The van der Waals surface area contributed by atoms with Crippen LogP contribution in [0.15, 0.2) is 24.3 Å². The monoisotopic (exact) mass is 257 g/mol. The number of piperidine rings is 1. The third kappa shape index (κ3) is 4.44. The molecule has 96 valence electrons. The first-order valence-corrected chi connectivity index (χ1v) is 5.84. The van der Waals surface area contributed by atoms with Crippen molar-refractivity contribution in [3.05, 3.63) is 24.3 Å². The van der Waals surface area contributed by atoms with Crippen molar-refractivity contribution in [2.24, 2.45) is 5.92 Å². The van der Waals surface area contributed by atoms with Gasteiger partial charge in [-0.15, -0.1) is 12.4 Å². The number of aromatic hydroxyl groups is 1. The molecule has 1 aromatic carbocycles. The van der Waals surface area contributed by atoms with E-state index in [0.717, 1.165) is 18.9 Å². The summed E-state index contributed by atoms with van der Waals surface area (Å²) in [6, 6.07) is 6.93. The van der Waals surface area contributed by atoms with Gasteiger partial charge >= 0.3 is 0 Å². The Morgan fingerprint density at radius 3 is 2.71 bits per heavy atom. The van der Waals surface area contributed by atoms with Crippen LogP contribution in [0.25, 0.3) is 0 Å². The minimum Gasteiger partial charge on any atom is -0.508 e. The number of rotatable bonds is 3. The molecule has 1 saturated heterocycles. The third-order valence-corrected chi connectivity index (χ3v) is 3.04. The summed E-state index contributed by atoms with van der Waals surface area (Å²) < 4.78 is 5.71. The van der Waals surface area contributed by atoms with Crippen molar-refractivity contribution in [3.63, 3.8) is 0 Å². The average molecular weight is 258 g/mol. The number of phenolic OH excluding ortho intramolecular Hbond substituents is 1. The normalized spacial score (nSPS) is 20.6. The van der Waals surface area contributed by atoms with E-state index in [1.807, 2.05) is 12.1 Å². The number of ether oxygens (including phenoxy) is 1. The molecule has 1 atom stereocenters. The molecule has 0 unspecified atom stereocenters. The van der Waals surface area contributed by atoms with Crippen molar-refractivity contribution in [3.8, 4) is 11.5 Å². The van der Waals surface area contributed by atoms with E-state index in [1.54, 1.807) is 12.1 Å². The maximum Gasteiger partial charge on any atom is 0.119 e. The molecule has 1 aliphatic rings. The molecule has 0 radical (unpaired) electrons. The Morgan fingerprint density at radius 1 is 1.35 bits per heavy atom. The highest BCUT2D eigenvalue weighted by atomic mass is 35.5. The summed E-state index contributed by atoms with van der Waals surface area (Å²) in [7, 11) is 2.16. The van der Waals surface area contributed by atoms with E-state index in [0.29, 0.717) is 5.92 Å². The van der Waals surface area contributed by atoms with Crippen LogP contribution in [0.5, 0.6) is 11.5 Å². The minimum absolute atomic E-state index is 0. The Morgan fingerprint density at radius 2 is 2.06 bits per heavy atom. The molecule has 0 spiro atoms. The fraction of sp³-hybridized carbons (Fsp3) is 0.538. The number of hydrogen-bond donors (Lipinski definition) is 1. The molecular weight excluding hydrogens is 238 g/mol. The van der Waals surface area contributed by atoms with Gasteiger partial charge in [0, 0.05) is 12.5 Å². The van der Waals surface area contributed by atoms with Gasteiger partial charge < -0.3 is 14.7 Å². The number of hydrogen-bond acceptors (Lipinski definition) is 3. The number of halogens is 1. The zero-order valence-electron chi connectivity index (χ0n) is 10.1. The van der Waals surface area contributed by atoms with E-state index < -0.39 is 0 Å². The number of phenols is 1. The van der Waals surface area contributed by atoms with Gasteiger partial charge in [-0.05, 0) is 50.7 Å². The molecule has 3 nitrogen and oxygen atoms in total. The average Bonchev–Trinajstić information content (AvgIpc) is 2.28. The molecule has 2 rings (SSSR count). The molecule has 0 bridgehead atoms. The molecule has 1 aromatic rings. The quantitative estimate of drug-likeness (QED) is 0.903. The Hall–Kier alpha value is -0.930. The van der Waals surface area contributed by atoms with Gasteiger partial charge in [0.2, 0.25) is 0 Å². The van der Waals surface area contributed by atoms with E-state index in [4.69, 9.17) is 9.84 Å². The predicted octanol–water partition coefficient (Wildman–Crippen LogP) is 2.53. The van der Waals surface area contributed by atoms with Crippen LogP contribution in [0.2, 0.25) is 0 Å². The Bertz CT molecular complexity index is 329.